The second-order valence-corrected chi connectivity index (χ2v) is 9.09. The number of hydrogen-bond acceptors (Lipinski definition) is 2. The molecule has 1 aromatic rings. The summed E-state index contributed by atoms with van der Waals surface area (Å²) < 4.78 is 5.18. The Bertz CT molecular complexity index is 618. The third-order valence-corrected chi connectivity index (χ3v) is 6.36. The van der Waals surface area contributed by atoms with Crippen LogP contribution in [0.5, 0.6) is 5.75 Å². The second-order valence-electron chi connectivity index (χ2n) is 9.09. The predicted molar refractivity (Wildman–Crippen MR) is 90.6 cm³/mol. The first-order valence-corrected chi connectivity index (χ1v) is 8.79. The number of carbonyl (C=O) groups excluding carboxylic acids is 1. The third kappa shape index (κ3) is 2.54. The Kier molecular flexibility index (Phi) is 3.11. The zero-order valence-corrected chi connectivity index (χ0v) is 14.4. The van der Waals surface area contributed by atoms with E-state index in [0.29, 0.717) is 10.8 Å². The summed E-state index contributed by atoms with van der Waals surface area (Å²) in [5.74, 6) is 1.65. The molecule has 0 aromatic heterocycles. The molecule has 1 aromatic carbocycles. The lowest BCUT2D eigenvalue weighted by Gasteiger charge is -2.65. The van der Waals surface area contributed by atoms with Crippen LogP contribution in [0, 0.1) is 16.7 Å². The largest absolute Gasteiger partial charge is 0.497 e. The molecule has 4 aliphatic rings. The van der Waals surface area contributed by atoms with Crippen LogP contribution in [0.25, 0.3) is 0 Å². The van der Waals surface area contributed by atoms with Gasteiger partial charge in [0.05, 0.1) is 7.11 Å². The van der Waals surface area contributed by atoms with E-state index in [1.807, 2.05) is 24.3 Å². The van der Waals surface area contributed by atoms with Gasteiger partial charge in [-0.15, -0.1) is 0 Å². The molecule has 2 unspecified atom stereocenters. The molecule has 1 amide bonds. The van der Waals surface area contributed by atoms with Crippen LogP contribution in [0.15, 0.2) is 24.3 Å². The van der Waals surface area contributed by atoms with E-state index >= 15 is 0 Å². The van der Waals surface area contributed by atoms with Crippen molar-refractivity contribution in [3.8, 4) is 5.75 Å². The van der Waals surface area contributed by atoms with Gasteiger partial charge in [-0.25, -0.2) is 0 Å². The summed E-state index contributed by atoms with van der Waals surface area (Å²) in [4.78, 5) is 12.8. The average Bonchev–Trinajstić information content (AvgIpc) is 2.43. The van der Waals surface area contributed by atoms with Gasteiger partial charge in [-0.3, -0.25) is 4.79 Å². The molecular weight excluding hydrogens is 286 g/mol. The van der Waals surface area contributed by atoms with Gasteiger partial charge in [-0.05, 0) is 79.5 Å². The zero-order chi connectivity index (χ0) is 16.3. The molecular formula is C20H27NO2. The highest BCUT2D eigenvalue weighted by molar-refractivity contribution is 5.94. The molecule has 4 aliphatic carbocycles. The number of rotatable bonds is 3. The number of carbonyl (C=O) groups is 1. The quantitative estimate of drug-likeness (QED) is 0.909. The Morgan fingerprint density at radius 1 is 1.04 bits per heavy atom. The van der Waals surface area contributed by atoms with Crippen LogP contribution in [0.4, 0.5) is 0 Å². The molecule has 0 radical (unpaired) electrons. The minimum absolute atomic E-state index is 0.0138. The SMILES string of the molecule is COc1ccc(C(=O)NC23CC4C[C@@](C)(C2)C[C@](C)(C4)C3)cc1. The summed E-state index contributed by atoms with van der Waals surface area (Å²) >= 11 is 0. The summed E-state index contributed by atoms with van der Waals surface area (Å²) in [6.45, 7) is 4.87. The average molecular weight is 313 g/mol. The maximum absolute atomic E-state index is 12.8. The van der Waals surface area contributed by atoms with Crippen molar-refractivity contribution in [3.63, 3.8) is 0 Å². The highest BCUT2D eigenvalue weighted by Crippen LogP contribution is 2.66. The first kappa shape index (κ1) is 15.0. The Balaban J connectivity index is 1.57. The number of methoxy groups -OCH3 is 1. The fraction of sp³-hybridized carbons (Fsp3) is 0.650. The maximum atomic E-state index is 12.8. The molecule has 4 fully saturated rings. The van der Waals surface area contributed by atoms with Crippen LogP contribution in [0.2, 0.25) is 0 Å². The van der Waals surface area contributed by atoms with Crippen molar-refractivity contribution >= 4 is 5.91 Å². The van der Waals surface area contributed by atoms with Crippen molar-refractivity contribution < 1.29 is 9.53 Å². The van der Waals surface area contributed by atoms with Crippen molar-refractivity contribution in [2.45, 2.75) is 57.9 Å². The van der Waals surface area contributed by atoms with Crippen molar-refractivity contribution in [2.75, 3.05) is 7.11 Å². The highest BCUT2D eigenvalue weighted by atomic mass is 16.5. The molecule has 1 N–H and O–H groups in total. The maximum Gasteiger partial charge on any atom is 0.251 e. The van der Waals surface area contributed by atoms with E-state index in [1.165, 1.54) is 25.7 Å². The van der Waals surface area contributed by atoms with Gasteiger partial charge in [-0.2, -0.15) is 0 Å². The van der Waals surface area contributed by atoms with Crippen LogP contribution < -0.4 is 10.1 Å². The van der Waals surface area contributed by atoms with E-state index in [1.54, 1.807) is 7.11 Å². The molecule has 4 atom stereocenters. The van der Waals surface area contributed by atoms with Crippen molar-refractivity contribution in [3.05, 3.63) is 29.8 Å². The Hall–Kier alpha value is -1.51. The van der Waals surface area contributed by atoms with Crippen LogP contribution in [0.3, 0.4) is 0 Å². The van der Waals surface area contributed by atoms with E-state index in [0.717, 1.165) is 30.1 Å². The van der Waals surface area contributed by atoms with E-state index < -0.39 is 0 Å². The molecule has 3 nitrogen and oxygen atoms in total. The van der Waals surface area contributed by atoms with Crippen LogP contribution in [-0.4, -0.2) is 18.6 Å². The van der Waals surface area contributed by atoms with Crippen LogP contribution >= 0.6 is 0 Å². The first-order chi connectivity index (χ1) is 10.8. The molecule has 5 rings (SSSR count). The van der Waals surface area contributed by atoms with Crippen molar-refractivity contribution in [2.24, 2.45) is 16.7 Å². The van der Waals surface area contributed by atoms with Gasteiger partial charge < -0.3 is 10.1 Å². The van der Waals surface area contributed by atoms with Crippen LogP contribution in [-0.2, 0) is 0 Å². The molecule has 0 spiro atoms. The van der Waals surface area contributed by atoms with Crippen molar-refractivity contribution in [1.82, 2.24) is 5.32 Å². The summed E-state index contributed by atoms with van der Waals surface area (Å²) in [5, 5.41) is 3.45. The number of hydrogen-bond donors (Lipinski definition) is 1. The minimum atomic E-state index is 0.0138. The van der Waals surface area contributed by atoms with Crippen molar-refractivity contribution in [1.29, 1.82) is 0 Å². The number of nitrogens with one attached hydrogen (secondary N) is 1. The third-order valence-electron chi connectivity index (χ3n) is 6.36. The molecule has 0 aliphatic heterocycles. The standard InChI is InChI=1S/C20H27NO2/c1-18-8-14-9-19(2,11-18)13-20(10-14,12-18)21-17(22)15-4-6-16(23-3)7-5-15/h4-7,14H,8-13H2,1-3H3,(H,21,22)/t14?,18-,19+,20?. The molecule has 3 heteroatoms. The molecule has 4 saturated carbocycles. The van der Waals surface area contributed by atoms with Crippen LogP contribution in [0.1, 0.15) is 62.7 Å². The molecule has 0 saturated heterocycles. The van der Waals surface area contributed by atoms with Gasteiger partial charge in [0.15, 0.2) is 0 Å². The first-order valence-electron chi connectivity index (χ1n) is 8.79. The predicted octanol–water partition coefficient (Wildman–Crippen LogP) is 4.17. The second kappa shape index (κ2) is 4.75. The zero-order valence-electron chi connectivity index (χ0n) is 14.4. The van der Waals surface area contributed by atoms with E-state index in [9.17, 15) is 4.79 Å². The number of amides is 1. The van der Waals surface area contributed by atoms with E-state index in [-0.39, 0.29) is 11.4 Å². The normalized spacial score (nSPS) is 40.9. The molecule has 23 heavy (non-hydrogen) atoms. The van der Waals surface area contributed by atoms with Gasteiger partial charge in [0, 0.05) is 11.1 Å². The topological polar surface area (TPSA) is 38.3 Å². The number of ether oxygens (including phenoxy) is 1. The lowest BCUT2D eigenvalue weighted by molar-refractivity contribution is -0.114. The number of benzene rings is 1. The minimum Gasteiger partial charge on any atom is -0.497 e. The van der Waals surface area contributed by atoms with Gasteiger partial charge in [0.25, 0.3) is 5.91 Å². The van der Waals surface area contributed by atoms with Gasteiger partial charge >= 0.3 is 0 Å². The van der Waals surface area contributed by atoms with Gasteiger partial charge in [-0.1, -0.05) is 13.8 Å². The van der Waals surface area contributed by atoms with E-state index in [4.69, 9.17) is 4.74 Å². The monoisotopic (exact) mass is 313 g/mol. The lowest BCUT2D eigenvalue weighted by atomic mass is 9.43. The Morgan fingerprint density at radius 3 is 2.17 bits per heavy atom. The smallest absolute Gasteiger partial charge is 0.251 e. The van der Waals surface area contributed by atoms with Gasteiger partial charge in [0.2, 0.25) is 0 Å². The Labute approximate surface area is 138 Å². The fourth-order valence-corrected chi connectivity index (χ4v) is 6.64. The summed E-state index contributed by atoms with van der Waals surface area (Å²) in [5.41, 5.74) is 1.58. The fourth-order valence-electron chi connectivity index (χ4n) is 6.64. The van der Waals surface area contributed by atoms with E-state index in [2.05, 4.69) is 19.2 Å². The molecule has 0 heterocycles. The van der Waals surface area contributed by atoms with Gasteiger partial charge in [0.1, 0.15) is 5.75 Å². The highest BCUT2D eigenvalue weighted by Gasteiger charge is 2.60. The summed E-state index contributed by atoms with van der Waals surface area (Å²) in [6.07, 6.45) is 7.49. The molecule has 4 bridgehead atoms. The lowest BCUT2D eigenvalue weighted by Crippen LogP contribution is -2.65. The molecule has 124 valence electrons. The summed E-state index contributed by atoms with van der Waals surface area (Å²) in [7, 11) is 1.64. The Morgan fingerprint density at radius 2 is 1.65 bits per heavy atom. The summed E-state index contributed by atoms with van der Waals surface area (Å²) in [6, 6.07) is 7.44.